The van der Waals surface area contributed by atoms with Gasteiger partial charge in [-0.25, -0.2) is 4.79 Å². The topological polar surface area (TPSA) is 74.6 Å². The number of carbonyl (C=O) groups excluding carboxylic acids is 2. The van der Waals surface area contributed by atoms with E-state index in [2.05, 4.69) is 17.2 Å². The molecule has 6 heteroatoms. The fraction of sp³-hybridized carbons (Fsp3) is 0.222. The Kier molecular flexibility index (Phi) is 4.65. The summed E-state index contributed by atoms with van der Waals surface area (Å²) in [5, 5.41) is 5.44. The third-order valence-corrected chi connectivity index (χ3v) is 3.90. The van der Waals surface area contributed by atoms with Gasteiger partial charge in [0, 0.05) is 25.3 Å². The van der Waals surface area contributed by atoms with E-state index in [0.717, 1.165) is 12.0 Å². The van der Waals surface area contributed by atoms with E-state index in [0.29, 0.717) is 31.1 Å². The molecule has 2 N–H and O–H groups in total. The number of amides is 3. The molecule has 0 atom stereocenters. The fourth-order valence-corrected chi connectivity index (χ4v) is 2.70. The first-order valence-electron chi connectivity index (χ1n) is 7.77. The average Bonchev–Trinajstić information content (AvgIpc) is 3.13. The maximum atomic E-state index is 12.4. The first-order valence-corrected chi connectivity index (χ1v) is 7.77. The third-order valence-electron chi connectivity index (χ3n) is 3.90. The van der Waals surface area contributed by atoms with E-state index in [9.17, 15) is 9.59 Å². The van der Waals surface area contributed by atoms with Crippen molar-refractivity contribution in [3.63, 3.8) is 0 Å². The molecule has 0 spiro atoms. The molecule has 0 saturated carbocycles. The molecule has 3 rings (SSSR count). The fourth-order valence-electron chi connectivity index (χ4n) is 2.70. The zero-order valence-corrected chi connectivity index (χ0v) is 13.2. The molecule has 2 heterocycles. The first-order chi connectivity index (χ1) is 11.7. The molecule has 0 saturated heterocycles. The van der Waals surface area contributed by atoms with E-state index in [-0.39, 0.29) is 11.9 Å². The van der Waals surface area contributed by atoms with E-state index >= 15 is 0 Å². The molecule has 0 aliphatic carbocycles. The lowest BCUT2D eigenvalue weighted by molar-refractivity contribution is 0.0702. The SMILES string of the molecule is C=CCNC(=O)Nc1ccc2c(c1)CN(C(=O)c1ccco1)CC2. The Labute approximate surface area is 140 Å². The molecule has 1 aromatic heterocycles. The number of hydrogen-bond acceptors (Lipinski definition) is 3. The second-order valence-corrected chi connectivity index (χ2v) is 5.56. The highest BCUT2D eigenvalue weighted by Crippen LogP contribution is 2.24. The Morgan fingerprint density at radius 1 is 1.29 bits per heavy atom. The van der Waals surface area contributed by atoms with E-state index in [1.807, 2.05) is 18.2 Å². The van der Waals surface area contributed by atoms with Crippen LogP contribution in [-0.4, -0.2) is 29.9 Å². The minimum atomic E-state index is -0.283. The smallest absolute Gasteiger partial charge is 0.319 e. The lowest BCUT2D eigenvalue weighted by Crippen LogP contribution is -2.36. The number of carbonyl (C=O) groups is 2. The lowest BCUT2D eigenvalue weighted by Gasteiger charge is -2.28. The van der Waals surface area contributed by atoms with Gasteiger partial charge in [-0.2, -0.15) is 0 Å². The summed E-state index contributed by atoms with van der Waals surface area (Å²) in [5.74, 6) is 0.226. The van der Waals surface area contributed by atoms with E-state index in [1.54, 1.807) is 23.1 Å². The predicted octanol–water partition coefficient (Wildman–Crippen LogP) is 2.79. The molecule has 0 bridgehead atoms. The first kappa shape index (κ1) is 15.9. The molecule has 0 fully saturated rings. The lowest BCUT2D eigenvalue weighted by atomic mass is 9.99. The van der Waals surface area contributed by atoms with Crippen LogP contribution in [0.25, 0.3) is 0 Å². The molecular weight excluding hydrogens is 306 g/mol. The van der Waals surface area contributed by atoms with Gasteiger partial charge in [0.2, 0.25) is 0 Å². The Morgan fingerprint density at radius 2 is 2.17 bits per heavy atom. The highest BCUT2D eigenvalue weighted by atomic mass is 16.3. The number of fused-ring (bicyclic) bond motifs is 1. The van der Waals surface area contributed by atoms with Gasteiger partial charge in [0.25, 0.3) is 5.91 Å². The van der Waals surface area contributed by atoms with Gasteiger partial charge in [0.05, 0.1) is 6.26 Å². The minimum absolute atomic E-state index is 0.118. The van der Waals surface area contributed by atoms with Gasteiger partial charge in [-0.1, -0.05) is 12.1 Å². The van der Waals surface area contributed by atoms with Crippen molar-refractivity contribution in [2.24, 2.45) is 0 Å². The molecule has 1 aliphatic rings. The Bertz CT molecular complexity index is 753. The summed E-state index contributed by atoms with van der Waals surface area (Å²) in [6.45, 7) is 5.11. The summed E-state index contributed by atoms with van der Waals surface area (Å²) >= 11 is 0. The van der Waals surface area contributed by atoms with E-state index in [4.69, 9.17) is 4.42 Å². The van der Waals surface area contributed by atoms with Crippen LogP contribution in [0.15, 0.2) is 53.7 Å². The van der Waals surface area contributed by atoms with Gasteiger partial charge in [0.1, 0.15) is 0 Å². The number of hydrogen-bond donors (Lipinski definition) is 2. The van der Waals surface area contributed by atoms with E-state index < -0.39 is 0 Å². The largest absolute Gasteiger partial charge is 0.459 e. The summed E-state index contributed by atoms with van der Waals surface area (Å²) in [6.07, 6.45) is 3.89. The zero-order chi connectivity index (χ0) is 16.9. The van der Waals surface area contributed by atoms with Crippen LogP contribution in [0.1, 0.15) is 21.7 Å². The summed E-state index contributed by atoms with van der Waals surface area (Å²) in [7, 11) is 0. The quantitative estimate of drug-likeness (QED) is 0.849. The second-order valence-electron chi connectivity index (χ2n) is 5.56. The van der Waals surface area contributed by atoms with Crippen LogP contribution in [-0.2, 0) is 13.0 Å². The number of urea groups is 1. The van der Waals surface area contributed by atoms with Crippen molar-refractivity contribution < 1.29 is 14.0 Å². The number of furan rings is 1. The van der Waals surface area contributed by atoms with Crippen molar-refractivity contribution >= 4 is 17.6 Å². The maximum absolute atomic E-state index is 12.4. The van der Waals surface area contributed by atoms with E-state index in [1.165, 1.54) is 11.8 Å². The van der Waals surface area contributed by atoms with Crippen molar-refractivity contribution in [2.75, 3.05) is 18.4 Å². The maximum Gasteiger partial charge on any atom is 0.319 e. The monoisotopic (exact) mass is 325 g/mol. The molecule has 3 amide bonds. The molecule has 6 nitrogen and oxygen atoms in total. The Balaban J connectivity index is 1.70. The van der Waals surface area contributed by atoms with Crippen LogP contribution < -0.4 is 10.6 Å². The third kappa shape index (κ3) is 3.48. The van der Waals surface area contributed by atoms with Gasteiger partial charge >= 0.3 is 6.03 Å². The molecular formula is C18H19N3O3. The highest BCUT2D eigenvalue weighted by Gasteiger charge is 2.23. The van der Waals surface area contributed by atoms with Gasteiger partial charge in [0.15, 0.2) is 5.76 Å². The van der Waals surface area contributed by atoms with Crippen molar-refractivity contribution in [1.82, 2.24) is 10.2 Å². The number of benzene rings is 1. The summed E-state index contributed by atoms with van der Waals surface area (Å²) in [4.78, 5) is 25.9. The molecule has 1 aliphatic heterocycles. The highest BCUT2D eigenvalue weighted by molar-refractivity contribution is 5.92. The minimum Gasteiger partial charge on any atom is -0.459 e. The molecule has 1 aromatic carbocycles. The number of nitrogens with one attached hydrogen (secondary N) is 2. The second kappa shape index (κ2) is 7.04. The van der Waals surface area contributed by atoms with Crippen LogP contribution in [0.2, 0.25) is 0 Å². The summed E-state index contributed by atoms with van der Waals surface area (Å²) in [6, 6.07) is 8.86. The predicted molar refractivity (Wildman–Crippen MR) is 90.8 cm³/mol. The standard InChI is InChI=1S/C18H19N3O3/c1-2-8-19-18(23)20-15-6-5-13-7-9-21(12-14(13)11-15)17(22)16-4-3-10-24-16/h2-6,10-11H,1,7-9,12H2,(H2,19,20,23). The van der Waals surface area contributed by atoms with Gasteiger partial charge in [-0.15, -0.1) is 6.58 Å². The van der Waals surface area contributed by atoms with Crippen LogP contribution >= 0.6 is 0 Å². The van der Waals surface area contributed by atoms with Crippen molar-refractivity contribution in [3.8, 4) is 0 Å². The van der Waals surface area contributed by atoms with Crippen molar-refractivity contribution in [3.05, 3.63) is 66.1 Å². The Hall–Kier alpha value is -3.02. The Morgan fingerprint density at radius 3 is 2.92 bits per heavy atom. The van der Waals surface area contributed by atoms with Crippen LogP contribution in [0, 0.1) is 0 Å². The van der Waals surface area contributed by atoms with Gasteiger partial charge < -0.3 is 20.0 Å². The average molecular weight is 325 g/mol. The molecule has 124 valence electrons. The summed E-state index contributed by atoms with van der Waals surface area (Å²) < 4.78 is 5.19. The number of nitrogens with zero attached hydrogens (tertiary/aromatic N) is 1. The van der Waals surface area contributed by atoms with Crippen LogP contribution in [0.5, 0.6) is 0 Å². The van der Waals surface area contributed by atoms with Gasteiger partial charge in [-0.3, -0.25) is 4.79 Å². The molecule has 0 radical (unpaired) electrons. The van der Waals surface area contributed by atoms with Crippen LogP contribution in [0.4, 0.5) is 10.5 Å². The van der Waals surface area contributed by atoms with Crippen molar-refractivity contribution in [1.29, 1.82) is 0 Å². The molecule has 0 unspecified atom stereocenters. The van der Waals surface area contributed by atoms with Gasteiger partial charge in [-0.05, 0) is 41.8 Å². The van der Waals surface area contributed by atoms with Crippen LogP contribution in [0.3, 0.4) is 0 Å². The van der Waals surface area contributed by atoms with Crippen molar-refractivity contribution in [2.45, 2.75) is 13.0 Å². The number of rotatable bonds is 4. The molecule has 2 aromatic rings. The normalized spacial score (nSPS) is 13.1. The summed E-state index contributed by atoms with van der Waals surface area (Å²) in [5.41, 5.74) is 2.92. The molecule has 24 heavy (non-hydrogen) atoms. The zero-order valence-electron chi connectivity index (χ0n) is 13.2. The number of anilines is 1.